The van der Waals surface area contributed by atoms with Crippen molar-refractivity contribution in [2.75, 3.05) is 11.9 Å². The monoisotopic (exact) mass is 234 g/mol. The average molecular weight is 234 g/mol. The molecule has 0 fully saturated rings. The van der Waals surface area contributed by atoms with Gasteiger partial charge in [-0.05, 0) is 31.2 Å². The number of rotatable bonds is 3. The first-order valence-corrected chi connectivity index (χ1v) is 6.64. The average Bonchev–Trinajstić information content (AvgIpc) is 2.64. The molecule has 0 saturated carbocycles. The van der Waals surface area contributed by atoms with E-state index >= 15 is 0 Å². The highest BCUT2D eigenvalue weighted by atomic mass is 32.1. The molecule has 3 heteroatoms. The molecule has 0 spiro atoms. The molecule has 2 aromatic rings. The Balaban J connectivity index is 2.74. The standard InChI is InChI=1S/C13H18N2S/c1-5-14-12-11(8(2)3)9(4)15-10-6-7-16-13(10)12/h6-8H,5H2,1-4H3,(H,14,15). The van der Waals surface area contributed by atoms with Crippen LogP contribution in [0.1, 0.15) is 37.9 Å². The molecule has 0 saturated heterocycles. The number of fused-ring (bicyclic) bond motifs is 1. The van der Waals surface area contributed by atoms with E-state index in [0.29, 0.717) is 5.92 Å². The highest BCUT2D eigenvalue weighted by Gasteiger charge is 2.15. The van der Waals surface area contributed by atoms with Crippen LogP contribution in [-0.2, 0) is 0 Å². The van der Waals surface area contributed by atoms with Gasteiger partial charge in [-0.15, -0.1) is 11.3 Å². The summed E-state index contributed by atoms with van der Waals surface area (Å²) in [6.07, 6.45) is 0. The maximum absolute atomic E-state index is 4.67. The number of aromatic nitrogens is 1. The molecule has 2 heterocycles. The summed E-state index contributed by atoms with van der Waals surface area (Å²) in [7, 11) is 0. The first kappa shape index (κ1) is 11.4. The Kier molecular flexibility index (Phi) is 3.15. The number of hydrogen-bond donors (Lipinski definition) is 1. The lowest BCUT2D eigenvalue weighted by Crippen LogP contribution is -2.05. The Bertz CT molecular complexity index is 500. The molecule has 0 aliphatic carbocycles. The first-order valence-electron chi connectivity index (χ1n) is 5.76. The summed E-state index contributed by atoms with van der Waals surface area (Å²) in [5.41, 5.74) is 4.91. The van der Waals surface area contributed by atoms with Crippen molar-refractivity contribution in [3.05, 3.63) is 22.7 Å². The lowest BCUT2D eigenvalue weighted by molar-refractivity contribution is 0.848. The van der Waals surface area contributed by atoms with E-state index in [0.717, 1.165) is 17.8 Å². The Morgan fingerprint density at radius 2 is 2.19 bits per heavy atom. The van der Waals surface area contributed by atoms with Crippen LogP contribution >= 0.6 is 11.3 Å². The summed E-state index contributed by atoms with van der Waals surface area (Å²) < 4.78 is 1.29. The van der Waals surface area contributed by atoms with Gasteiger partial charge in [-0.2, -0.15) is 0 Å². The van der Waals surface area contributed by atoms with Crippen molar-refractivity contribution < 1.29 is 0 Å². The van der Waals surface area contributed by atoms with Gasteiger partial charge in [0.1, 0.15) is 0 Å². The second-order valence-corrected chi connectivity index (χ2v) is 5.22. The number of aryl methyl sites for hydroxylation is 1. The zero-order chi connectivity index (χ0) is 11.7. The van der Waals surface area contributed by atoms with Crippen molar-refractivity contribution in [3.63, 3.8) is 0 Å². The van der Waals surface area contributed by atoms with Crippen molar-refractivity contribution in [1.82, 2.24) is 4.98 Å². The summed E-state index contributed by atoms with van der Waals surface area (Å²) in [5, 5.41) is 5.61. The van der Waals surface area contributed by atoms with Crippen LogP contribution in [0.3, 0.4) is 0 Å². The van der Waals surface area contributed by atoms with Crippen LogP contribution in [0.15, 0.2) is 11.4 Å². The molecule has 0 aliphatic heterocycles. The minimum atomic E-state index is 0.507. The zero-order valence-corrected chi connectivity index (χ0v) is 11.1. The van der Waals surface area contributed by atoms with Crippen LogP contribution in [0.4, 0.5) is 5.69 Å². The lowest BCUT2D eigenvalue weighted by Gasteiger charge is -2.17. The van der Waals surface area contributed by atoms with Crippen LogP contribution in [0.25, 0.3) is 10.2 Å². The van der Waals surface area contributed by atoms with E-state index < -0.39 is 0 Å². The van der Waals surface area contributed by atoms with Gasteiger partial charge in [0.15, 0.2) is 0 Å². The molecule has 0 amide bonds. The normalized spacial score (nSPS) is 11.3. The van der Waals surface area contributed by atoms with Crippen LogP contribution in [0.5, 0.6) is 0 Å². The molecule has 0 atom stereocenters. The van der Waals surface area contributed by atoms with Crippen LogP contribution < -0.4 is 5.32 Å². The zero-order valence-electron chi connectivity index (χ0n) is 10.3. The number of anilines is 1. The third-order valence-corrected chi connectivity index (χ3v) is 3.67. The van der Waals surface area contributed by atoms with E-state index in [1.807, 2.05) is 0 Å². The Morgan fingerprint density at radius 3 is 2.81 bits per heavy atom. The van der Waals surface area contributed by atoms with Crippen LogP contribution in [0, 0.1) is 6.92 Å². The fourth-order valence-electron chi connectivity index (χ4n) is 2.18. The minimum Gasteiger partial charge on any atom is -0.384 e. The fraction of sp³-hybridized carbons (Fsp3) is 0.462. The van der Waals surface area contributed by atoms with Gasteiger partial charge >= 0.3 is 0 Å². The Hall–Kier alpha value is -1.09. The van der Waals surface area contributed by atoms with Crippen LogP contribution in [-0.4, -0.2) is 11.5 Å². The SMILES string of the molecule is CCNc1c(C(C)C)c(C)nc2ccsc12. The third kappa shape index (κ3) is 1.80. The quantitative estimate of drug-likeness (QED) is 0.862. The maximum Gasteiger partial charge on any atom is 0.0834 e. The highest BCUT2D eigenvalue weighted by Crippen LogP contribution is 2.36. The summed E-state index contributed by atoms with van der Waals surface area (Å²) in [6, 6.07) is 2.10. The minimum absolute atomic E-state index is 0.507. The topological polar surface area (TPSA) is 24.9 Å². The van der Waals surface area contributed by atoms with Crippen LogP contribution in [0.2, 0.25) is 0 Å². The van der Waals surface area contributed by atoms with Crippen molar-refractivity contribution in [3.8, 4) is 0 Å². The molecule has 0 aromatic carbocycles. The number of nitrogens with zero attached hydrogens (tertiary/aromatic N) is 1. The predicted octanol–water partition coefficient (Wildman–Crippen LogP) is 4.16. The molecular weight excluding hydrogens is 216 g/mol. The molecular formula is C13H18N2S. The number of hydrogen-bond acceptors (Lipinski definition) is 3. The van der Waals surface area contributed by atoms with Gasteiger partial charge in [0, 0.05) is 17.8 Å². The van der Waals surface area contributed by atoms with Crippen molar-refractivity contribution in [2.24, 2.45) is 0 Å². The number of thiophene rings is 1. The Labute approximate surface area is 101 Å². The molecule has 0 radical (unpaired) electrons. The highest BCUT2D eigenvalue weighted by molar-refractivity contribution is 7.17. The third-order valence-electron chi connectivity index (χ3n) is 2.75. The van der Waals surface area contributed by atoms with Gasteiger partial charge in [-0.25, -0.2) is 0 Å². The molecule has 0 aliphatic rings. The lowest BCUT2D eigenvalue weighted by atomic mass is 9.99. The first-order chi connectivity index (χ1) is 7.65. The van der Waals surface area contributed by atoms with E-state index in [4.69, 9.17) is 0 Å². The summed E-state index contributed by atoms with van der Waals surface area (Å²) >= 11 is 1.77. The van der Waals surface area contributed by atoms with Gasteiger partial charge in [-0.1, -0.05) is 13.8 Å². The van der Waals surface area contributed by atoms with Crippen molar-refractivity contribution in [1.29, 1.82) is 0 Å². The summed E-state index contributed by atoms with van der Waals surface area (Å²) in [6.45, 7) is 9.65. The van der Waals surface area contributed by atoms with E-state index in [1.165, 1.54) is 16.0 Å². The van der Waals surface area contributed by atoms with Gasteiger partial charge in [0.2, 0.25) is 0 Å². The summed E-state index contributed by atoms with van der Waals surface area (Å²) in [4.78, 5) is 4.67. The smallest absolute Gasteiger partial charge is 0.0834 e. The molecule has 86 valence electrons. The maximum atomic E-state index is 4.67. The van der Waals surface area contributed by atoms with Crippen molar-refractivity contribution >= 4 is 27.2 Å². The van der Waals surface area contributed by atoms with Gasteiger partial charge < -0.3 is 5.32 Å². The van der Waals surface area contributed by atoms with Gasteiger partial charge in [0.05, 0.1) is 15.9 Å². The molecule has 2 nitrogen and oxygen atoms in total. The molecule has 2 rings (SSSR count). The number of nitrogens with one attached hydrogen (secondary N) is 1. The summed E-state index contributed by atoms with van der Waals surface area (Å²) in [5.74, 6) is 0.507. The molecule has 0 unspecified atom stereocenters. The van der Waals surface area contributed by atoms with E-state index in [9.17, 15) is 0 Å². The second kappa shape index (κ2) is 4.42. The van der Waals surface area contributed by atoms with E-state index in [-0.39, 0.29) is 0 Å². The van der Waals surface area contributed by atoms with Gasteiger partial charge in [0.25, 0.3) is 0 Å². The predicted molar refractivity (Wildman–Crippen MR) is 72.6 cm³/mol. The van der Waals surface area contributed by atoms with E-state index in [1.54, 1.807) is 11.3 Å². The number of pyridine rings is 1. The molecule has 2 aromatic heterocycles. The molecule has 0 bridgehead atoms. The fourth-order valence-corrected chi connectivity index (χ4v) is 3.05. The van der Waals surface area contributed by atoms with Gasteiger partial charge in [-0.3, -0.25) is 4.98 Å². The Morgan fingerprint density at radius 1 is 1.44 bits per heavy atom. The molecule has 1 N–H and O–H groups in total. The largest absolute Gasteiger partial charge is 0.384 e. The van der Waals surface area contributed by atoms with E-state index in [2.05, 4.69) is 49.4 Å². The molecule has 16 heavy (non-hydrogen) atoms. The second-order valence-electron chi connectivity index (χ2n) is 4.31. The van der Waals surface area contributed by atoms with Crippen molar-refractivity contribution in [2.45, 2.75) is 33.6 Å².